The molecule has 2 fully saturated rings. The lowest BCUT2D eigenvalue weighted by molar-refractivity contribution is -0.152. The van der Waals surface area contributed by atoms with Crippen LogP contribution < -0.4 is 5.32 Å². The average molecular weight is 465 g/mol. The molecule has 5 atom stereocenters. The van der Waals surface area contributed by atoms with E-state index in [-0.39, 0.29) is 24.5 Å². The van der Waals surface area contributed by atoms with Crippen LogP contribution in [0, 0.1) is 5.92 Å². The maximum absolute atomic E-state index is 13.4. The first-order chi connectivity index (χ1) is 15.3. The molecule has 1 saturated carbocycles. The second kappa shape index (κ2) is 11.1. The highest BCUT2D eigenvalue weighted by atomic mass is 35.5. The van der Waals surface area contributed by atoms with Crippen LogP contribution in [0.2, 0.25) is 5.02 Å². The standard InChI is InChI=1S/C24H33ClN2O5/c1-3-32-24(31)19(13-10-16-8-11-18(25)12-9-16)26-15(2)22(28)27-20-7-5-4-6-17(20)14-21(27)23(29)30/h8-9,11-12,15,17,19-21,26H,3-7,10,13-14H2,1-2H3,(H,29,30)/t15-,17+,19-,20-,21-/m0/s1. The summed E-state index contributed by atoms with van der Waals surface area (Å²) in [7, 11) is 0. The quantitative estimate of drug-likeness (QED) is 0.543. The van der Waals surface area contributed by atoms with Crippen molar-refractivity contribution in [2.45, 2.75) is 83.0 Å². The molecule has 0 spiro atoms. The Hall–Kier alpha value is -2.12. The average Bonchev–Trinajstić information content (AvgIpc) is 3.17. The summed E-state index contributed by atoms with van der Waals surface area (Å²) >= 11 is 5.94. The molecule has 0 unspecified atom stereocenters. The van der Waals surface area contributed by atoms with E-state index in [0.29, 0.717) is 24.3 Å². The van der Waals surface area contributed by atoms with Crippen LogP contribution in [0.15, 0.2) is 24.3 Å². The van der Waals surface area contributed by atoms with E-state index in [1.54, 1.807) is 30.9 Å². The Morgan fingerprint density at radius 3 is 2.56 bits per heavy atom. The summed E-state index contributed by atoms with van der Waals surface area (Å²) in [6.45, 7) is 3.69. The Morgan fingerprint density at radius 2 is 1.91 bits per heavy atom. The molecule has 2 aliphatic rings. The van der Waals surface area contributed by atoms with E-state index in [1.807, 2.05) is 12.1 Å². The summed E-state index contributed by atoms with van der Waals surface area (Å²) in [6.07, 6.45) is 5.46. The number of hydrogen-bond acceptors (Lipinski definition) is 5. The molecule has 8 heteroatoms. The van der Waals surface area contributed by atoms with Gasteiger partial charge in [-0.05, 0) is 69.6 Å². The van der Waals surface area contributed by atoms with E-state index in [1.165, 1.54) is 0 Å². The molecule has 1 saturated heterocycles. The van der Waals surface area contributed by atoms with Gasteiger partial charge >= 0.3 is 11.9 Å². The van der Waals surface area contributed by atoms with Crippen molar-refractivity contribution in [3.63, 3.8) is 0 Å². The number of carbonyl (C=O) groups is 3. The second-order valence-electron chi connectivity index (χ2n) is 8.81. The zero-order valence-corrected chi connectivity index (χ0v) is 19.5. The predicted molar refractivity (Wildman–Crippen MR) is 121 cm³/mol. The van der Waals surface area contributed by atoms with E-state index < -0.39 is 30.1 Å². The largest absolute Gasteiger partial charge is 0.480 e. The lowest BCUT2D eigenvalue weighted by atomic mass is 9.84. The number of esters is 1. The molecule has 1 heterocycles. The molecule has 0 radical (unpaired) electrons. The van der Waals surface area contributed by atoms with Crippen molar-refractivity contribution in [2.24, 2.45) is 5.92 Å². The van der Waals surface area contributed by atoms with Crippen LogP contribution in [0.1, 0.15) is 57.9 Å². The van der Waals surface area contributed by atoms with E-state index in [4.69, 9.17) is 16.3 Å². The third-order valence-electron chi connectivity index (χ3n) is 6.66. The van der Waals surface area contributed by atoms with Crippen LogP contribution in [0.5, 0.6) is 0 Å². The van der Waals surface area contributed by atoms with Gasteiger partial charge in [-0.2, -0.15) is 0 Å². The number of rotatable bonds is 9. The highest BCUT2D eigenvalue weighted by Crippen LogP contribution is 2.40. The molecule has 0 bridgehead atoms. The number of nitrogens with zero attached hydrogens (tertiary/aromatic N) is 1. The molecule has 3 rings (SSSR count). The Morgan fingerprint density at radius 1 is 1.22 bits per heavy atom. The number of nitrogens with one attached hydrogen (secondary N) is 1. The smallest absolute Gasteiger partial charge is 0.326 e. The molecular weight excluding hydrogens is 432 g/mol. The maximum Gasteiger partial charge on any atom is 0.326 e. The van der Waals surface area contributed by atoms with E-state index >= 15 is 0 Å². The van der Waals surface area contributed by atoms with Gasteiger partial charge in [0.05, 0.1) is 12.6 Å². The van der Waals surface area contributed by atoms with Crippen LogP contribution in [-0.2, 0) is 25.5 Å². The first-order valence-electron chi connectivity index (χ1n) is 11.5. The van der Waals surface area contributed by atoms with Gasteiger partial charge in [-0.3, -0.25) is 14.9 Å². The van der Waals surface area contributed by atoms with Gasteiger partial charge in [0.1, 0.15) is 12.1 Å². The fraction of sp³-hybridized carbons (Fsp3) is 0.625. The summed E-state index contributed by atoms with van der Waals surface area (Å²) in [6, 6.07) is 5.22. The number of carboxylic acid groups (broad SMARTS) is 1. The predicted octanol–water partition coefficient (Wildman–Crippen LogP) is 3.43. The lowest BCUT2D eigenvalue weighted by Crippen LogP contribution is -2.55. The van der Waals surface area contributed by atoms with Crippen molar-refractivity contribution in [1.29, 1.82) is 0 Å². The van der Waals surface area contributed by atoms with Crippen molar-refractivity contribution in [3.05, 3.63) is 34.9 Å². The lowest BCUT2D eigenvalue weighted by Gasteiger charge is -2.35. The number of carbonyl (C=O) groups excluding carboxylic acids is 2. The molecule has 176 valence electrons. The first kappa shape index (κ1) is 24.5. The molecule has 1 aliphatic carbocycles. The van der Waals surface area contributed by atoms with Crippen LogP contribution in [-0.4, -0.2) is 58.6 Å². The molecule has 1 aromatic rings. The molecule has 0 aromatic heterocycles. The van der Waals surface area contributed by atoms with Crippen molar-refractivity contribution in [2.75, 3.05) is 6.61 Å². The number of likely N-dealkylation sites (tertiary alicyclic amines) is 1. The van der Waals surface area contributed by atoms with Gasteiger partial charge in [0.2, 0.25) is 5.91 Å². The van der Waals surface area contributed by atoms with Gasteiger partial charge in [0.15, 0.2) is 0 Å². The molecule has 32 heavy (non-hydrogen) atoms. The highest BCUT2D eigenvalue weighted by molar-refractivity contribution is 6.30. The van der Waals surface area contributed by atoms with Crippen LogP contribution in [0.4, 0.5) is 0 Å². The first-order valence-corrected chi connectivity index (χ1v) is 11.9. The second-order valence-corrected chi connectivity index (χ2v) is 9.24. The van der Waals surface area contributed by atoms with Gasteiger partial charge in [-0.1, -0.05) is 36.6 Å². The van der Waals surface area contributed by atoms with Crippen LogP contribution in [0.25, 0.3) is 0 Å². The summed E-state index contributed by atoms with van der Waals surface area (Å²) in [4.78, 5) is 39.4. The maximum atomic E-state index is 13.4. The van der Waals surface area contributed by atoms with E-state index in [2.05, 4.69) is 5.32 Å². The zero-order valence-electron chi connectivity index (χ0n) is 18.8. The number of aliphatic carboxylic acids is 1. The Balaban J connectivity index is 1.69. The van der Waals surface area contributed by atoms with Crippen molar-refractivity contribution < 1.29 is 24.2 Å². The molecule has 1 aliphatic heterocycles. The van der Waals surface area contributed by atoms with Crippen molar-refractivity contribution in [3.8, 4) is 0 Å². The molecule has 1 amide bonds. The number of benzene rings is 1. The molecule has 2 N–H and O–H groups in total. The molecular formula is C24H33ClN2O5. The minimum atomic E-state index is -0.954. The Bertz CT molecular complexity index is 815. The third-order valence-corrected chi connectivity index (χ3v) is 6.91. The van der Waals surface area contributed by atoms with E-state index in [0.717, 1.165) is 31.2 Å². The number of fused-ring (bicyclic) bond motifs is 1. The Labute approximate surface area is 194 Å². The van der Waals surface area contributed by atoms with Crippen LogP contribution >= 0.6 is 11.6 Å². The SMILES string of the molecule is CCOC(=O)[C@H](CCc1ccc(Cl)cc1)N[C@@H](C)C(=O)N1[C@H](C(=O)O)C[C@H]2CCCC[C@@H]21. The van der Waals surface area contributed by atoms with Crippen LogP contribution in [0.3, 0.4) is 0 Å². The summed E-state index contributed by atoms with van der Waals surface area (Å²) in [5, 5.41) is 13.5. The fourth-order valence-electron chi connectivity index (χ4n) is 5.07. The molecule has 7 nitrogen and oxygen atoms in total. The third kappa shape index (κ3) is 5.81. The number of halogens is 1. The molecule has 1 aromatic carbocycles. The summed E-state index contributed by atoms with van der Waals surface area (Å²) < 4.78 is 5.22. The van der Waals surface area contributed by atoms with Gasteiger partial charge in [-0.15, -0.1) is 0 Å². The zero-order chi connectivity index (χ0) is 23.3. The number of carboxylic acids is 1. The number of amides is 1. The fourth-order valence-corrected chi connectivity index (χ4v) is 5.19. The minimum Gasteiger partial charge on any atom is -0.480 e. The topological polar surface area (TPSA) is 95.9 Å². The van der Waals surface area contributed by atoms with Crippen molar-refractivity contribution in [1.82, 2.24) is 10.2 Å². The van der Waals surface area contributed by atoms with Crippen molar-refractivity contribution >= 4 is 29.4 Å². The normalized spacial score (nSPS) is 24.5. The number of aryl methyl sites for hydroxylation is 1. The minimum absolute atomic E-state index is 0.0308. The van der Waals surface area contributed by atoms with Gasteiger partial charge in [0, 0.05) is 11.1 Å². The highest BCUT2D eigenvalue weighted by Gasteiger charge is 2.48. The number of ether oxygens (including phenoxy) is 1. The van der Waals surface area contributed by atoms with Gasteiger partial charge in [-0.25, -0.2) is 4.79 Å². The van der Waals surface area contributed by atoms with E-state index in [9.17, 15) is 19.5 Å². The van der Waals surface area contributed by atoms with Gasteiger partial charge in [0.25, 0.3) is 0 Å². The number of hydrogen-bond donors (Lipinski definition) is 2. The summed E-state index contributed by atoms with van der Waals surface area (Å²) in [5.74, 6) is -1.38. The monoisotopic (exact) mass is 464 g/mol. The van der Waals surface area contributed by atoms with Gasteiger partial charge < -0.3 is 14.7 Å². The Kier molecular flexibility index (Phi) is 8.54. The summed E-state index contributed by atoms with van der Waals surface area (Å²) in [5.41, 5.74) is 1.03.